The minimum atomic E-state index is -1.06. The molecule has 20 nitrogen and oxygen atoms in total. The van der Waals surface area contributed by atoms with Crippen molar-refractivity contribution in [2.24, 2.45) is 5.41 Å². The maximum Gasteiger partial charge on any atom is 0.415 e. The molecule has 3 N–H and O–H groups in total. The molecular formula is C52H56ClN7O13. The van der Waals surface area contributed by atoms with Gasteiger partial charge in [0.1, 0.15) is 28.9 Å². The quantitative estimate of drug-likeness (QED) is 0.0402. The summed E-state index contributed by atoms with van der Waals surface area (Å²) >= 11 is 6.62. The van der Waals surface area contributed by atoms with Crippen molar-refractivity contribution < 1.29 is 62.8 Å². The van der Waals surface area contributed by atoms with Crippen LogP contribution in [0, 0.1) is 12.3 Å². The molecule has 0 saturated carbocycles. The van der Waals surface area contributed by atoms with E-state index < -0.39 is 53.3 Å². The number of allylic oxidation sites excluding steroid dienone is 1. The fraction of sp³-hybridized carbons (Fsp3) is 0.385. The molecule has 21 heteroatoms. The number of amides is 6. The lowest BCUT2D eigenvalue weighted by molar-refractivity contribution is -0.205. The summed E-state index contributed by atoms with van der Waals surface area (Å²) in [6.07, 6.45) is 5.83. The van der Waals surface area contributed by atoms with Crippen LogP contribution < -0.4 is 15.0 Å². The fourth-order valence-electron chi connectivity index (χ4n) is 9.07. The molecule has 0 unspecified atom stereocenters. The third-order valence-corrected chi connectivity index (χ3v) is 13.6. The largest absolute Gasteiger partial charge is 0.508 e. The van der Waals surface area contributed by atoms with Crippen molar-refractivity contribution in [2.75, 3.05) is 69.1 Å². The molecule has 8 rings (SSSR count). The smallest absolute Gasteiger partial charge is 0.415 e. The number of phenolic OH excluding ortho intramolecular Hbond substituents is 1. The number of benzene rings is 3. The highest BCUT2D eigenvalue weighted by Gasteiger charge is 2.42. The molecule has 4 heterocycles. The maximum atomic E-state index is 14.5. The summed E-state index contributed by atoms with van der Waals surface area (Å²) < 4.78 is 19.2. The zero-order valence-corrected chi connectivity index (χ0v) is 41.3. The lowest BCUT2D eigenvalue weighted by atomic mass is 9.79. The highest BCUT2D eigenvalue weighted by Crippen LogP contribution is 2.47. The Labute approximate surface area is 424 Å². The Morgan fingerprint density at radius 1 is 0.945 bits per heavy atom. The van der Waals surface area contributed by atoms with Gasteiger partial charge in [-0.2, -0.15) is 0 Å². The number of fused-ring (bicyclic) bond motifs is 4. The molecule has 0 spiro atoms. The molecule has 1 saturated heterocycles. The number of pyridine rings is 1. The van der Waals surface area contributed by atoms with E-state index in [0.29, 0.717) is 45.9 Å². The molecule has 5 aromatic rings. The molecule has 0 bridgehead atoms. The van der Waals surface area contributed by atoms with Gasteiger partial charge in [-0.15, -0.1) is 16.7 Å². The number of aromatic nitrogens is 2. The fourth-order valence-corrected chi connectivity index (χ4v) is 9.32. The Morgan fingerprint density at radius 2 is 1.71 bits per heavy atom. The number of ether oxygens (including phenoxy) is 3. The summed E-state index contributed by atoms with van der Waals surface area (Å²) in [4.78, 5) is 107. The second kappa shape index (κ2) is 22.5. The molecule has 3 atom stereocenters. The van der Waals surface area contributed by atoms with Crippen molar-refractivity contribution >= 4 is 81.2 Å². The number of aromatic hydroxyl groups is 1. The number of rotatable bonds is 16. The molecule has 1 fully saturated rings. The third kappa shape index (κ3) is 11.6. The van der Waals surface area contributed by atoms with Crippen LogP contribution in [0.4, 0.5) is 21.0 Å². The molecule has 0 radical (unpaired) electrons. The van der Waals surface area contributed by atoms with Gasteiger partial charge in [0, 0.05) is 87.3 Å². The molecule has 2 aliphatic heterocycles. The van der Waals surface area contributed by atoms with Crippen molar-refractivity contribution in [3.8, 4) is 11.5 Å². The van der Waals surface area contributed by atoms with Crippen LogP contribution in [0.2, 0.25) is 0 Å². The zero-order valence-electron chi connectivity index (χ0n) is 40.6. The second-order valence-electron chi connectivity index (χ2n) is 18.4. The van der Waals surface area contributed by atoms with E-state index in [2.05, 4.69) is 10.3 Å². The van der Waals surface area contributed by atoms with Gasteiger partial charge in [0.2, 0.25) is 0 Å². The van der Waals surface area contributed by atoms with Crippen molar-refractivity contribution in [2.45, 2.75) is 64.4 Å². The Kier molecular flexibility index (Phi) is 15.9. The third-order valence-electron chi connectivity index (χ3n) is 13.3. The first-order valence-electron chi connectivity index (χ1n) is 23.9. The molecule has 1 aliphatic carbocycles. The summed E-state index contributed by atoms with van der Waals surface area (Å²) in [7, 11) is 1.52. The Hall–Kier alpha value is -7.55. The van der Waals surface area contributed by atoms with E-state index in [0.717, 1.165) is 16.5 Å². The Balaban J connectivity index is 0.972. The number of nitrogens with one attached hydrogen (secondary N) is 1. The first kappa shape index (κ1) is 51.8. The number of hydrogen-bond acceptors (Lipinski definition) is 14. The zero-order chi connectivity index (χ0) is 52.0. The molecule has 3 aromatic carbocycles. The number of halogens is 1. The normalized spacial score (nSPS) is 19.0. The van der Waals surface area contributed by atoms with Gasteiger partial charge in [-0.3, -0.25) is 19.2 Å². The van der Waals surface area contributed by atoms with E-state index >= 15 is 0 Å². The summed E-state index contributed by atoms with van der Waals surface area (Å²) in [5, 5.41) is 23.7. The van der Waals surface area contributed by atoms with Crippen molar-refractivity contribution in [1.29, 1.82) is 0 Å². The van der Waals surface area contributed by atoms with E-state index in [-0.39, 0.29) is 101 Å². The molecule has 3 aliphatic rings. The van der Waals surface area contributed by atoms with E-state index in [1.807, 2.05) is 25.1 Å². The number of anilines is 2. The maximum absolute atomic E-state index is 14.5. The van der Waals surface area contributed by atoms with Crippen LogP contribution in [0.15, 0.2) is 85.2 Å². The van der Waals surface area contributed by atoms with E-state index in [1.165, 1.54) is 41.1 Å². The predicted octanol–water partition coefficient (Wildman–Crippen LogP) is 6.73. The van der Waals surface area contributed by atoms with Gasteiger partial charge in [-0.25, -0.2) is 19.4 Å². The van der Waals surface area contributed by atoms with Crippen LogP contribution in [0.25, 0.3) is 16.4 Å². The number of nitrogens with zero attached hydrogens (tertiary/aromatic N) is 6. The number of aliphatic hydroxyl groups excluding tert-OH is 1. The molecule has 2 aromatic heterocycles. The predicted molar refractivity (Wildman–Crippen MR) is 266 cm³/mol. The van der Waals surface area contributed by atoms with Crippen LogP contribution in [0.1, 0.15) is 83.3 Å². The van der Waals surface area contributed by atoms with Gasteiger partial charge in [0.25, 0.3) is 23.6 Å². The monoisotopic (exact) mass is 1020 g/mol. The van der Waals surface area contributed by atoms with E-state index in [9.17, 15) is 43.8 Å². The van der Waals surface area contributed by atoms with Crippen LogP contribution in [0.5, 0.6) is 11.5 Å². The highest BCUT2D eigenvalue weighted by molar-refractivity contribution is 6.19. The Morgan fingerprint density at radius 3 is 2.45 bits per heavy atom. The standard InChI is InChI=1S/C52H56ClN7O13/c1-32-7-6-9-38-41(27-40-46(45(32)38)34(28-53)29-59(40)48(66)39-31-58-30-35(12-15-42(58)55-39)54-47(65)33-10-13-36(62)14-11-33)72-51(69)57(23-25-70-26-24-61)22-21-56(3)50(68)71-37-8-4-5-19-52(2,20-18-37)49(67)73-60-43(63)16-17-44(60)64/h4,6-15,27,30-31,34,37,61-62H,5,16-26,28-29H2,1-3H3,(H,54,65)/b8-4-/t34-,37+,52-/m1/s1. The number of hydrogen-bond donors (Lipinski definition) is 3. The van der Waals surface area contributed by atoms with Crippen molar-refractivity contribution in [3.05, 3.63) is 108 Å². The number of carbonyl (C=O) groups excluding carboxylic acids is 7. The summed E-state index contributed by atoms with van der Waals surface area (Å²) in [6.45, 7) is 3.65. The van der Waals surface area contributed by atoms with Gasteiger partial charge >= 0.3 is 18.2 Å². The molecule has 73 heavy (non-hydrogen) atoms. The second-order valence-corrected chi connectivity index (χ2v) is 18.8. The molecule has 6 amide bonds. The van der Waals surface area contributed by atoms with Crippen LogP contribution in [-0.4, -0.2) is 141 Å². The van der Waals surface area contributed by atoms with Gasteiger partial charge in [-0.05, 0) is 98.5 Å². The number of alkyl halides is 1. The first-order valence-corrected chi connectivity index (χ1v) is 24.5. The number of likely N-dealkylation sites (N-methyl/N-ethyl adjacent to an activating group) is 1. The van der Waals surface area contributed by atoms with Gasteiger partial charge in [0.05, 0.1) is 36.6 Å². The summed E-state index contributed by atoms with van der Waals surface area (Å²) in [5.74, 6) is -2.60. The number of carbonyl (C=O) groups is 7. The summed E-state index contributed by atoms with van der Waals surface area (Å²) in [5.41, 5.74) is 2.44. The van der Waals surface area contributed by atoms with E-state index in [4.69, 9.17) is 30.6 Å². The number of imidazole rings is 1. The number of imide groups is 1. The molecular weight excluding hydrogens is 966 g/mol. The first-order chi connectivity index (χ1) is 35.1. The van der Waals surface area contributed by atoms with Crippen LogP contribution in [-0.2, 0) is 28.7 Å². The topological polar surface area (TPSA) is 239 Å². The van der Waals surface area contributed by atoms with E-state index in [1.54, 1.807) is 59.0 Å². The average Bonchev–Trinajstić information content (AvgIpc) is 4.07. The average molecular weight is 1020 g/mol. The van der Waals surface area contributed by atoms with Crippen LogP contribution >= 0.6 is 11.6 Å². The minimum Gasteiger partial charge on any atom is -0.508 e. The lowest BCUT2D eigenvalue weighted by Gasteiger charge is -2.31. The number of hydroxylamine groups is 2. The SMILES string of the molecule is Cc1cccc2c(OC(=O)N(CCOCCO)CCN(C)C(=O)O[C@H]3/C=C\CC[C@@](C)(C(=O)ON4C(=O)CCC4=O)CC3)cc3c(c12)[C@H](CCl)CN3C(=O)c1cn2cc(NC(=O)c3ccc(O)cc3)ccc2n1. The van der Waals surface area contributed by atoms with Gasteiger partial charge in [-0.1, -0.05) is 24.3 Å². The molecule has 384 valence electrons. The summed E-state index contributed by atoms with van der Waals surface area (Å²) in [6, 6.07) is 16.4. The van der Waals surface area contributed by atoms with Crippen molar-refractivity contribution in [1.82, 2.24) is 24.2 Å². The van der Waals surface area contributed by atoms with Crippen molar-refractivity contribution in [3.63, 3.8) is 0 Å². The Bertz CT molecular complexity index is 2960. The highest BCUT2D eigenvalue weighted by atomic mass is 35.5. The minimum absolute atomic E-state index is 0.00131. The number of phenols is 1. The van der Waals surface area contributed by atoms with Crippen LogP contribution in [0.3, 0.4) is 0 Å². The lowest BCUT2D eigenvalue weighted by Crippen LogP contribution is -2.43. The number of aliphatic hydroxyl groups is 1. The van der Waals surface area contributed by atoms with Gasteiger partial charge in [0.15, 0.2) is 0 Å². The number of aryl methyl sites for hydroxylation is 1. The van der Waals surface area contributed by atoms with Gasteiger partial charge < -0.3 is 53.7 Å².